The third kappa shape index (κ3) is 3.77. The van der Waals surface area contributed by atoms with E-state index in [1.54, 1.807) is 6.92 Å². The Kier molecular flexibility index (Phi) is 5.09. The van der Waals surface area contributed by atoms with Crippen molar-refractivity contribution in [3.8, 4) is 0 Å². The van der Waals surface area contributed by atoms with Crippen LogP contribution >= 0.6 is 0 Å². The van der Waals surface area contributed by atoms with Gasteiger partial charge in [0.2, 0.25) is 6.04 Å². The Balaban J connectivity index is 2.12. The first kappa shape index (κ1) is 14.9. The van der Waals surface area contributed by atoms with E-state index in [2.05, 4.69) is 0 Å². The number of ether oxygens (including phenoxy) is 2. The molecule has 4 atom stereocenters. The van der Waals surface area contributed by atoms with Crippen LogP contribution in [0, 0.1) is 10.1 Å². The standard InChI is InChI=1S/C15H21NO4/c1-11-7-6-10-14(19-11)20-15(12(2)16(17)18)13-8-4-3-5-9-13/h3-5,8-9,11-12,14-15H,6-7,10H2,1-2H3/t11-,12-,14+,15-/m0/s1. The molecule has 0 unspecified atom stereocenters. The fraction of sp³-hybridized carbons (Fsp3) is 0.600. The Morgan fingerprint density at radius 1 is 1.35 bits per heavy atom. The molecule has 0 aromatic heterocycles. The van der Waals surface area contributed by atoms with Gasteiger partial charge in [0, 0.05) is 11.8 Å². The molecule has 1 aromatic rings. The molecule has 0 radical (unpaired) electrons. The van der Waals surface area contributed by atoms with Crippen LogP contribution in [-0.4, -0.2) is 23.4 Å². The van der Waals surface area contributed by atoms with Crippen LogP contribution < -0.4 is 0 Å². The highest BCUT2D eigenvalue weighted by atomic mass is 16.7. The van der Waals surface area contributed by atoms with Crippen LogP contribution in [0.15, 0.2) is 30.3 Å². The summed E-state index contributed by atoms with van der Waals surface area (Å²) in [5.74, 6) is 0. The van der Waals surface area contributed by atoms with E-state index in [9.17, 15) is 10.1 Å². The van der Waals surface area contributed by atoms with Crippen LogP contribution in [0.2, 0.25) is 0 Å². The lowest BCUT2D eigenvalue weighted by atomic mass is 10.0. The third-order valence-electron chi connectivity index (χ3n) is 3.63. The molecule has 0 saturated carbocycles. The summed E-state index contributed by atoms with van der Waals surface area (Å²) in [6.45, 7) is 3.58. The van der Waals surface area contributed by atoms with E-state index in [-0.39, 0.29) is 17.3 Å². The van der Waals surface area contributed by atoms with Crippen LogP contribution in [0.5, 0.6) is 0 Å². The monoisotopic (exact) mass is 279 g/mol. The van der Waals surface area contributed by atoms with E-state index < -0.39 is 12.1 Å². The van der Waals surface area contributed by atoms with Gasteiger partial charge in [-0.15, -0.1) is 0 Å². The van der Waals surface area contributed by atoms with Crippen LogP contribution in [0.25, 0.3) is 0 Å². The number of hydrogen-bond acceptors (Lipinski definition) is 4. The molecule has 2 rings (SSSR count). The molecule has 1 aliphatic rings. The zero-order valence-corrected chi connectivity index (χ0v) is 11.9. The molecule has 20 heavy (non-hydrogen) atoms. The quantitative estimate of drug-likeness (QED) is 0.612. The average molecular weight is 279 g/mol. The van der Waals surface area contributed by atoms with E-state index in [4.69, 9.17) is 9.47 Å². The molecule has 1 heterocycles. The highest BCUT2D eigenvalue weighted by molar-refractivity contribution is 5.18. The summed E-state index contributed by atoms with van der Waals surface area (Å²) in [6, 6.07) is 8.52. The molecule has 1 aromatic carbocycles. The summed E-state index contributed by atoms with van der Waals surface area (Å²) < 4.78 is 11.6. The molecule has 0 spiro atoms. The van der Waals surface area contributed by atoms with Gasteiger partial charge in [-0.25, -0.2) is 0 Å². The van der Waals surface area contributed by atoms with Crippen molar-refractivity contribution in [1.29, 1.82) is 0 Å². The molecular weight excluding hydrogens is 258 g/mol. The highest BCUT2D eigenvalue weighted by Gasteiger charge is 2.33. The van der Waals surface area contributed by atoms with Gasteiger partial charge in [0.15, 0.2) is 12.4 Å². The number of nitro groups is 1. The fourth-order valence-corrected chi connectivity index (χ4v) is 2.45. The predicted molar refractivity (Wildman–Crippen MR) is 74.9 cm³/mol. The normalized spacial score (nSPS) is 25.9. The van der Waals surface area contributed by atoms with Crippen molar-refractivity contribution in [2.75, 3.05) is 0 Å². The largest absolute Gasteiger partial charge is 0.350 e. The summed E-state index contributed by atoms with van der Waals surface area (Å²) >= 11 is 0. The number of hydrogen-bond donors (Lipinski definition) is 0. The topological polar surface area (TPSA) is 61.6 Å². The molecule has 110 valence electrons. The molecule has 1 saturated heterocycles. The van der Waals surface area contributed by atoms with Gasteiger partial charge in [-0.05, 0) is 31.7 Å². The minimum Gasteiger partial charge on any atom is -0.350 e. The Morgan fingerprint density at radius 3 is 2.65 bits per heavy atom. The minimum atomic E-state index is -0.807. The summed E-state index contributed by atoms with van der Waals surface area (Å²) in [5, 5.41) is 11.1. The summed E-state index contributed by atoms with van der Waals surface area (Å²) in [4.78, 5) is 10.8. The number of benzene rings is 1. The maximum absolute atomic E-state index is 11.1. The minimum absolute atomic E-state index is 0.149. The molecule has 5 nitrogen and oxygen atoms in total. The van der Waals surface area contributed by atoms with Crippen molar-refractivity contribution in [3.05, 3.63) is 46.0 Å². The maximum atomic E-state index is 11.1. The van der Waals surface area contributed by atoms with E-state index in [1.807, 2.05) is 37.3 Å². The lowest BCUT2D eigenvalue weighted by Crippen LogP contribution is -2.34. The van der Waals surface area contributed by atoms with Gasteiger partial charge in [0.05, 0.1) is 6.10 Å². The van der Waals surface area contributed by atoms with Crippen molar-refractivity contribution in [2.24, 2.45) is 0 Å². The van der Waals surface area contributed by atoms with Gasteiger partial charge >= 0.3 is 0 Å². The Labute approximate surface area is 119 Å². The van der Waals surface area contributed by atoms with Crippen LogP contribution in [0.1, 0.15) is 44.8 Å². The van der Waals surface area contributed by atoms with Crippen molar-refractivity contribution in [2.45, 2.75) is 57.6 Å². The van der Waals surface area contributed by atoms with Gasteiger partial charge in [-0.1, -0.05) is 30.3 Å². The van der Waals surface area contributed by atoms with Crippen LogP contribution in [0.4, 0.5) is 0 Å². The maximum Gasteiger partial charge on any atom is 0.240 e. The smallest absolute Gasteiger partial charge is 0.240 e. The zero-order valence-electron chi connectivity index (χ0n) is 11.9. The van der Waals surface area contributed by atoms with Gasteiger partial charge in [0.25, 0.3) is 0 Å². The average Bonchev–Trinajstić information content (AvgIpc) is 2.45. The molecular formula is C15H21NO4. The van der Waals surface area contributed by atoms with Gasteiger partial charge in [-0.2, -0.15) is 0 Å². The predicted octanol–water partition coefficient (Wildman–Crippen LogP) is 3.32. The van der Waals surface area contributed by atoms with Crippen molar-refractivity contribution < 1.29 is 14.4 Å². The molecule has 0 N–H and O–H groups in total. The van der Waals surface area contributed by atoms with Crippen molar-refractivity contribution >= 4 is 0 Å². The SMILES string of the molecule is C[C@H]1CCC[C@@H](O[C@H](c2ccccc2)[C@H](C)[N+](=O)[O-])O1. The fourth-order valence-electron chi connectivity index (χ4n) is 2.45. The molecule has 0 bridgehead atoms. The van der Waals surface area contributed by atoms with E-state index >= 15 is 0 Å². The lowest BCUT2D eigenvalue weighted by Gasteiger charge is -2.31. The second-order valence-corrected chi connectivity index (χ2v) is 5.30. The summed E-state index contributed by atoms with van der Waals surface area (Å²) in [6.07, 6.45) is 2.04. The van der Waals surface area contributed by atoms with Crippen molar-refractivity contribution in [1.82, 2.24) is 0 Å². The summed E-state index contributed by atoms with van der Waals surface area (Å²) in [7, 11) is 0. The highest BCUT2D eigenvalue weighted by Crippen LogP contribution is 2.29. The zero-order chi connectivity index (χ0) is 14.5. The van der Waals surface area contributed by atoms with Gasteiger partial charge in [0.1, 0.15) is 0 Å². The second kappa shape index (κ2) is 6.81. The van der Waals surface area contributed by atoms with Crippen LogP contribution in [0.3, 0.4) is 0 Å². The third-order valence-corrected chi connectivity index (χ3v) is 3.63. The number of rotatable bonds is 5. The van der Waals surface area contributed by atoms with E-state index in [0.717, 1.165) is 24.8 Å². The first-order chi connectivity index (χ1) is 9.58. The van der Waals surface area contributed by atoms with Crippen LogP contribution in [-0.2, 0) is 9.47 Å². The molecule has 1 aliphatic heterocycles. The summed E-state index contributed by atoms with van der Waals surface area (Å²) in [5.41, 5.74) is 0.818. The molecule has 5 heteroatoms. The molecule has 0 aliphatic carbocycles. The van der Waals surface area contributed by atoms with Gasteiger partial charge < -0.3 is 9.47 Å². The Hall–Kier alpha value is -1.46. The first-order valence-electron chi connectivity index (χ1n) is 7.07. The van der Waals surface area contributed by atoms with Crippen molar-refractivity contribution in [3.63, 3.8) is 0 Å². The lowest BCUT2D eigenvalue weighted by molar-refractivity contribution is -0.535. The second-order valence-electron chi connectivity index (χ2n) is 5.30. The van der Waals surface area contributed by atoms with E-state index in [0.29, 0.717) is 0 Å². The molecule has 0 amide bonds. The van der Waals surface area contributed by atoms with Gasteiger partial charge in [-0.3, -0.25) is 10.1 Å². The molecule has 1 fully saturated rings. The Bertz CT molecular complexity index is 437. The Morgan fingerprint density at radius 2 is 2.05 bits per heavy atom. The number of nitrogens with zero attached hydrogens (tertiary/aromatic N) is 1. The van der Waals surface area contributed by atoms with E-state index in [1.165, 1.54) is 0 Å². The first-order valence-corrected chi connectivity index (χ1v) is 7.07.